The summed E-state index contributed by atoms with van der Waals surface area (Å²) in [6, 6.07) is 51.0. The second-order valence-corrected chi connectivity index (χ2v) is 19.5. The maximum Gasteiger partial charge on any atom is 0.0496 e. The fourth-order valence-corrected chi connectivity index (χ4v) is 12.1. The van der Waals surface area contributed by atoms with Crippen LogP contribution < -0.4 is 9.80 Å². The summed E-state index contributed by atoms with van der Waals surface area (Å²) in [5, 5.41) is 0. The number of para-hydroxylation sites is 2. The summed E-state index contributed by atoms with van der Waals surface area (Å²) in [4.78, 5) is 5.07. The van der Waals surface area contributed by atoms with Gasteiger partial charge in [-0.3, -0.25) is 0 Å². The number of hydrogen-bond donors (Lipinski definition) is 0. The molecule has 0 atom stereocenters. The van der Waals surface area contributed by atoms with Gasteiger partial charge in [-0.05, 0) is 160 Å². The van der Waals surface area contributed by atoms with Crippen LogP contribution in [-0.2, 0) is 42.9 Å². The molecule has 2 aliphatic heterocycles. The van der Waals surface area contributed by atoms with E-state index in [0.29, 0.717) is 0 Å². The topological polar surface area (TPSA) is 6.48 Å². The minimum absolute atomic E-state index is 0.145. The summed E-state index contributed by atoms with van der Waals surface area (Å²) < 4.78 is 0. The summed E-state index contributed by atoms with van der Waals surface area (Å²) in [6.07, 6.45) is 24.8. The molecular weight excluding hydrogens is 785 g/mol. The molecule has 6 aromatic carbocycles. The maximum atomic E-state index is 4.32. The van der Waals surface area contributed by atoms with Crippen molar-refractivity contribution in [2.45, 2.75) is 83.0 Å². The molecule has 0 fully saturated rings. The van der Waals surface area contributed by atoms with Crippen LogP contribution in [-0.4, -0.2) is 13.1 Å². The third-order valence-electron chi connectivity index (χ3n) is 15.4. The van der Waals surface area contributed by atoms with E-state index in [1.807, 2.05) is 0 Å². The van der Waals surface area contributed by atoms with Crippen LogP contribution in [0.15, 0.2) is 187 Å². The van der Waals surface area contributed by atoms with E-state index in [2.05, 4.69) is 213 Å². The second-order valence-electron chi connectivity index (χ2n) is 19.5. The Labute approximate surface area is 387 Å². The summed E-state index contributed by atoms with van der Waals surface area (Å²) in [5.41, 5.74) is 24.3. The van der Waals surface area contributed by atoms with E-state index in [1.54, 1.807) is 5.57 Å². The smallest absolute Gasteiger partial charge is 0.0496 e. The first-order valence-electron chi connectivity index (χ1n) is 24.1. The summed E-state index contributed by atoms with van der Waals surface area (Å²) in [5.74, 6) is 0. The van der Waals surface area contributed by atoms with Crippen LogP contribution in [0.2, 0.25) is 0 Å². The van der Waals surface area contributed by atoms with Crippen molar-refractivity contribution in [3.05, 3.63) is 248 Å². The van der Waals surface area contributed by atoms with E-state index >= 15 is 0 Å². The van der Waals surface area contributed by atoms with Crippen molar-refractivity contribution in [1.82, 2.24) is 0 Å². The lowest BCUT2D eigenvalue weighted by atomic mass is 9.69. The number of nitrogens with zero attached hydrogens (tertiary/aromatic N) is 2. The third-order valence-corrected chi connectivity index (χ3v) is 15.4. The third kappa shape index (κ3) is 7.19. The van der Waals surface area contributed by atoms with Crippen molar-refractivity contribution in [2.75, 3.05) is 22.9 Å². The molecule has 0 spiro atoms. The molecule has 2 nitrogen and oxygen atoms in total. The molecule has 5 aliphatic rings. The fourth-order valence-electron chi connectivity index (χ4n) is 12.1. The van der Waals surface area contributed by atoms with Gasteiger partial charge in [-0.1, -0.05) is 173 Å². The molecule has 2 heterocycles. The van der Waals surface area contributed by atoms with Crippen molar-refractivity contribution < 1.29 is 0 Å². The first-order chi connectivity index (χ1) is 31.8. The molecule has 0 saturated heterocycles. The Morgan fingerprint density at radius 3 is 2.15 bits per heavy atom. The molecule has 6 aromatic rings. The number of allylic oxidation sites excluding steroid dienone is 7. The highest BCUT2D eigenvalue weighted by molar-refractivity contribution is 5.89. The lowest BCUT2D eigenvalue weighted by molar-refractivity contribution is 0.543. The van der Waals surface area contributed by atoms with Crippen molar-refractivity contribution >= 4 is 34.8 Å². The summed E-state index contributed by atoms with van der Waals surface area (Å²) in [6.45, 7) is 13.4. The number of rotatable bonds is 10. The van der Waals surface area contributed by atoms with E-state index in [1.165, 1.54) is 108 Å². The molecule has 0 bridgehead atoms. The number of hydrogen-bond acceptors (Lipinski definition) is 2. The van der Waals surface area contributed by atoms with Crippen molar-refractivity contribution in [3.8, 4) is 0 Å². The van der Waals surface area contributed by atoms with Gasteiger partial charge in [0.15, 0.2) is 0 Å². The molecule has 0 unspecified atom stereocenters. The second kappa shape index (κ2) is 16.7. The minimum Gasteiger partial charge on any atom is -0.368 e. The van der Waals surface area contributed by atoms with Crippen LogP contribution in [0.3, 0.4) is 0 Å². The van der Waals surface area contributed by atoms with Gasteiger partial charge in [0.05, 0.1) is 0 Å². The van der Waals surface area contributed by atoms with Gasteiger partial charge in [-0.15, -0.1) is 0 Å². The fraction of sp³-hybridized carbons (Fsp3) is 0.238. The number of anilines is 3. The average Bonchev–Trinajstić information content (AvgIpc) is 3.85. The Balaban J connectivity index is 0.930. The van der Waals surface area contributed by atoms with Crippen LogP contribution in [0.1, 0.15) is 101 Å². The summed E-state index contributed by atoms with van der Waals surface area (Å²) in [7, 11) is 0. The minimum atomic E-state index is -0.199. The van der Waals surface area contributed by atoms with Crippen molar-refractivity contribution in [2.24, 2.45) is 0 Å². The maximum absolute atomic E-state index is 4.32. The quantitative estimate of drug-likeness (QED) is 0.127. The molecule has 0 saturated carbocycles. The zero-order valence-electron chi connectivity index (χ0n) is 38.4. The predicted molar refractivity (Wildman–Crippen MR) is 276 cm³/mol. The average molecular weight is 845 g/mol. The standard InChI is InChI=1S/C63H60N2/c1-5-46-34-32-44(30-31-45-33-35-55-54(56(6-2)62(3,4)58(55)39-45)26-17-37-64-36-16-23-47-18-9-12-27-59(47)64)38-57(46)63(42-50-21-7-8-22-51(50)43-63)52-24-15-25-53(41-52)65-60-28-13-10-19-48(60)40-49-20-11-14-29-61(49)65/h6-10,12-15,17-19,21-22,24-35,38-39,41H,2,5,11,16,20,23,36-37,40,42-43H2,1,3-4H3/b26-17-,31-30+. The van der Waals surface area contributed by atoms with Crippen LogP contribution in [0.5, 0.6) is 0 Å². The first-order valence-corrected chi connectivity index (χ1v) is 24.1. The van der Waals surface area contributed by atoms with Crippen LogP contribution in [0.4, 0.5) is 17.1 Å². The van der Waals surface area contributed by atoms with Crippen molar-refractivity contribution in [3.63, 3.8) is 0 Å². The molecule has 2 heteroatoms. The molecule has 0 N–H and O–H groups in total. The Morgan fingerprint density at radius 2 is 1.38 bits per heavy atom. The Bertz CT molecular complexity index is 2990. The van der Waals surface area contributed by atoms with E-state index in [0.717, 1.165) is 51.6 Å². The zero-order valence-corrected chi connectivity index (χ0v) is 38.4. The number of fused-ring (bicyclic) bond motifs is 4. The van der Waals surface area contributed by atoms with Crippen LogP contribution >= 0.6 is 0 Å². The van der Waals surface area contributed by atoms with Crippen molar-refractivity contribution in [1.29, 1.82) is 0 Å². The molecule has 0 aromatic heterocycles. The Hall–Kier alpha value is -6.64. The van der Waals surface area contributed by atoms with Gasteiger partial charge in [0, 0.05) is 46.7 Å². The molecule has 65 heavy (non-hydrogen) atoms. The SMILES string of the molecule is C=CC1=C(/C=C\CN2CCCc3ccccc32)c2ccc(/C=C/c3ccc(CC)c(C4(c5cccc(N6C7=C(CCC=C7)Cc7ccccc76)c5)Cc5ccccc5C4)c3)cc2C1(C)C. The lowest BCUT2D eigenvalue weighted by Gasteiger charge is -2.38. The highest BCUT2D eigenvalue weighted by Gasteiger charge is 2.42. The summed E-state index contributed by atoms with van der Waals surface area (Å²) >= 11 is 0. The van der Waals surface area contributed by atoms with Gasteiger partial charge in [-0.25, -0.2) is 0 Å². The molecule has 322 valence electrons. The zero-order chi connectivity index (χ0) is 44.1. The van der Waals surface area contributed by atoms with E-state index in [4.69, 9.17) is 0 Å². The first kappa shape index (κ1) is 41.1. The van der Waals surface area contributed by atoms with Gasteiger partial charge in [-0.2, -0.15) is 0 Å². The van der Waals surface area contributed by atoms with Gasteiger partial charge in [0.2, 0.25) is 0 Å². The van der Waals surface area contributed by atoms with E-state index < -0.39 is 0 Å². The van der Waals surface area contributed by atoms with Gasteiger partial charge < -0.3 is 9.80 Å². The Morgan fingerprint density at radius 1 is 0.677 bits per heavy atom. The Kier molecular flexibility index (Phi) is 10.6. The molecular formula is C63H60N2. The van der Waals surface area contributed by atoms with E-state index in [-0.39, 0.29) is 10.8 Å². The largest absolute Gasteiger partial charge is 0.368 e. The molecule has 11 rings (SSSR count). The van der Waals surface area contributed by atoms with Gasteiger partial charge >= 0.3 is 0 Å². The molecule has 0 radical (unpaired) electrons. The van der Waals surface area contributed by atoms with Gasteiger partial charge in [0.25, 0.3) is 0 Å². The van der Waals surface area contributed by atoms with Crippen LogP contribution in [0, 0.1) is 0 Å². The highest BCUT2D eigenvalue weighted by Crippen LogP contribution is 2.50. The number of benzene rings is 6. The van der Waals surface area contributed by atoms with Crippen LogP contribution in [0.25, 0.3) is 17.7 Å². The van der Waals surface area contributed by atoms with Gasteiger partial charge in [0.1, 0.15) is 0 Å². The lowest BCUT2D eigenvalue weighted by Crippen LogP contribution is -2.31. The number of aryl methyl sites for hydroxylation is 2. The monoisotopic (exact) mass is 844 g/mol. The normalized spacial score (nSPS) is 18.0. The van der Waals surface area contributed by atoms with E-state index in [9.17, 15) is 0 Å². The molecule has 0 amide bonds. The predicted octanol–water partition coefficient (Wildman–Crippen LogP) is 15.0. The molecule has 3 aliphatic carbocycles. The highest BCUT2D eigenvalue weighted by atomic mass is 15.2.